The number of aromatic nitrogens is 2. The Bertz CT molecular complexity index is 1260. The van der Waals surface area contributed by atoms with Crippen molar-refractivity contribution in [1.82, 2.24) is 19.0 Å². The van der Waals surface area contributed by atoms with Gasteiger partial charge in [0.1, 0.15) is 0 Å². The number of hydrogen-bond donors (Lipinski definition) is 0. The molecule has 0 bridgehead atoms. The SMILES string of the molecule is CN(C)S(=O)(=O)c1ccc(C(=O)N2CC(n3nc(-c4ccccc4)ccc3=O)C2)cc1. The molecule has 0 N–H and O–H groups in total. The van der Waals surface area contributed by atoms with Crippen molar-refractivity contribution in [2.24, 2.45) is 0 Å². The second-order valence-electron chi connectivity index (χ2n) is 7.54. The maximum Gasteiger partial charge on any atom is 0.267 e. The van der Waals surface area contributed by atoms with Crippen molar-refractivity contribution in [2.75, 3.05) is 27.2 Å². The zero-order chi connectivity index (χ0) is 22.2. The van der Waals surface area contributed by atoms with Crippen LogP contribution in [0.4, 0.5) is 0 Å². The Morgan fingerprint density at radius 3 is 2.23 bits per heavy atom. The van der Waals surface area contributed by atoms with E-state index in [4.69, 9.17) is 0 Å². The molecule has 2 aromatic carbocycles. The van der Waals surface area contributed by atoms with Gasteiger partial charge in [0.15, 0.2) is 0 Å². The summed E-state index contributed by atoms with van der Waals surface area (Å²) in [6.07, 6.45) is 0. The lowest BCUT2D eigenvalue weighted by atomic mass is 10.1. The summed E-state index contributed by atoms with van der Waals surface area (Å²) in [7, 11) is -0.634. The third-order valence-corrected chi connectivity index (χ3v) is 7.10. The summed E-state index contributed by atoms with van der Waals surface area (Å²) in [6.45, 7) is 0.726. The number of sulfonamides is 1. The van der Waals surface area contributed by atoms with Gasteiger partial charge in [-0.1, -0.05) is 30.3 Å². The molecule has 0 unspecified atom stereocenters. The van der Waals surface area contributed by atoms with Gasteiger partial charge in [-0.25, -0.2) is 17.4 Å². The molecule has 160 valence electrons. The monoisotopic (exact) mass is 438 g/mol. The molecule has 3 aromatic rings. The highest BCUT2D eigenvalue weighted by Gasteiger charge is 2.34. The van der Waals surface area contributed by atoms with Crippen LogP contribution < -0.4 is 5.56 Å². The molecule has 9 heteroatoms. The fourth-order valence-electron chi connectivity index (χ4n) is 3.39. The fourth-order valence-corrected chi connectivity index (χ4v) is 4.29. The van der Waals surface area contributed by atoms with Crippen molar-refractivity contribution < 1.29 is 13.2 Å². The predicted molar refractivity (Wildman–Crippen MR) is 116 cm³/mol. The Balaban J connectivity index is 1.47. The fraction of sp³-hybridized carbons (Fsp3) is 0.227. The van der Waals surface area contributed by atoms with Crippen LogP contribution >= 0.6 is 0 Å². The molecule has 0 atom stereocenters. The third-order valence-electron chi connectivity index (χ3n) is 5.27. The quantitative estimate of drug-likeness (QED) is 0.606. The first kappa shape index (κ1) is 21.0. The highest BCUT2D eigenvalue weighted by molar-refractivity contribution is 7.89. The molecule has 1 saturated heterocycles. The van der Waals surface area contributed by atoms with Crippen molar-refractivity contribution in [3.05, 3.63) is 82.6 Å². The Kier molecular flexibility index (Phi) is 5.47. The number of amides is 1. The van der Waals surface area contributed by atoms with Gasteiger partial charge in [-0.15, -0.1) is 0 Å². The van der Waals surface area contributed by atoms with Crippen LogP contribution in [0.3, 0.4) is 0 Å². The van der Waals surface area contributed by atoms with Crippen LogP contribution in [0.15, 0.2) is 76.4 Å². The van der Waals surface area contributed by atoms with E-state index in [0.717, 1.165) is 9.87 Å². The number of benzene rings is 2. The van der Waals surface area contributed by atoms with E-state index in [1.54, 1.807) is 11.0 Å². The smallest absolute Gasteiger partial charge is 0.267 e. The molecule has 0 saturated carbocycles. The highest BCUT2D eigenvalue weighted by atomic mass is 32.2. The summed E-state index contributed by atoms with van der Waals surface area (Å²) >= 11 is 0. The standard InChI is InChI=1S/C22H22N4O4S/c1-24(2)31(29,30)19-10-8-17(9-11-19)22(28)25-14-18(15-25)26-21(27)13-12-20(23-26)16-6-4-3-5-7-16/h3-13,18H,14-15H2,1-2H3. The van der Waals surface area contributed by atoms with E-state index in [-0.39, 0.29) is 22.4 Å². The van der Waals surface area contributed by atoms with Crippen LogP contribution in [0, 0.1) is 0 Å². The van der Waals surface area contributed by atoms with Gasteiger partial charge in [0, 0.05) is 44.4 Å². The largest absolute Gasteiger partial charge is 0.334 e. The van der Waals surface area contributed by atoms with Gasteiger partial charge >= 0.3 is 0 Å². The second-order valence-corrected chi connectivity index (χ2v) is 9.70. The number of hydrogen-bond acceptors (Lipinski definition) is 5. The van der Waals surface area contributed by atoms with Crippen molar-refractivity contribution >= 4 is 15.9 Å². The van der Waals surface area contributed by atoms with E-state index in [0.29, 0.717) is 24.3 Å². The first-order valence-corrected chi connectivity index (χ1v) is 11.2. The van der Waals surface area contributed by atoms with E-state index in [9.17, 15) is 18.0 Å². The predicted octanol–water partition coefficient (Wildman–Crippen LogP) is 1.86. The van der Waals surface area contributed by atoms with Crippen LogP contribution in [0.5, 0.6) is 0 Å². The molecule has 1 aromatic heterocycles. The van der Waals surface area contributed by atoms with Crippen LogP contribution in [0.1, 0.15) is 16.4 Å². The van der Waals surface area contributed by atoms with Crippen LogP contribution in [-0.2, 0) is 10.0 Å². The summed E-state index contributed by atoms with van der Waals surface area (Å²) in [5.41, 5.74) is 1.79. The van der Waals surface area contributed by atoms with Crippen molar-refractivity contribution in [3.8, 4) is 11.3 Å². The lowest BCUT2D eigenvalue weighted by molar-refractivity contribution is 0.0493. The third kappa shape index (κ3) is 4.01. The summed E-state index contributed by atoms with van der Waals surface area (Å²) in [5, 5.41) is 4.48. The van der Waals surface area contributed by atoms with Gasteiger partial charge in [0.25, 0.3) is 11.5 Å². The molecule has 0 radical (unpaired) electrons. The van der Waals surface area contributed by atoms with Gasteiger partial charge in [0.05, 0.1) is 16.6 Å². The molecule has 1 amide bonds. The van der Waals surface area contributed by atoms with Crippen molar-refractivity contribution in [1.29, 1.82) is 0 Å². The number of rotatable bonds is 5. The minimum atomic E-state index is -3.55. The summed E-state index contributed by atoms with van der Waals surface area (Å²) in [4.78, 5) is 26.8. The molecule has 31 heavy (non-hydrogen) atoms. The number of carbonyl (C=O) groups is 1. The van der Waals surface area contributed by atoms with Crippen LogP contribution in [0.25, 0.3) is 11.3 Å². The maximum absolute atomic E-state index is 12.7. The molecule has 4 rings (SSSR count). The lowest BCUT2D eigenvalue weighted by Crippen LogP contribution is -2.53. The van der Waals surface area contributed by atoms with Crippen LogP contribution in [0.2, 0.25) is 0 Å². The molecular formula is C22H22N4O4S. The Morgan fingerprint density at radius 2 is 1.61 bits per heavy atom. The van der Waals surface area contributed by atoms with E-state index < -0.39 is 10.0 Å². The first-order valence-electron chi connectivity index (χ1n) is 9.74. The molecule has 0 spiro atoms. The van der Waals surface area contributed by atoms with Crippen LogP contribution in [-0.4, -0.2) is 60.5 Å². The van der Waals surface area contributed by atoms with Crippen molar-refractivity contribution in [3.63, 3.8) is 0 Å². The summed E-state index contributed by atoms with van der Waals surface area (Å²) in [6, 6.07) is 18.4. The Morgan fingerprint density at radius 1 is 0.968 bits per heavy atom. The van der Waals surface area contributed by atoms with Gasteiger partial charge in [0.2, 0.25) is 10.0 Å². The Labute approximate surface area is 180 Å². The molecule has 1 aliphatic heterocycles. The molecular weight excluding hydrogens is 416 g/mol. The molecule has 1 fully saturated rings. The van der Waals surface area contributed by atoms with E-state index in [1.807, 2.05) is 30.3 Å². The molecule has 2 heterocycles. The summed E-state index contributed by atoms with van der Waals surface area (Å²) < 4.78 is 26.9. The van der Waals surface area contributed by atoms with Gasteiger partial charge in [-0.05, 0) is 30.3 Å². The van der Waals surface area contributed by atoms with E-state index in [2.05, 4.69) is 5.10 Å². The average Bonchev–Trinajstić information content (AvgIpc) is 2.74. The highest BCUT2D eigenvalue weighted by Crippen LogP contribution is 2.24. The van der Waals surface area contributed by atoms with Gasteiger partial charge < -0.3 is 4.90 Å². The van der Waals surface area contributed by atoms with Gasteiger partial charge in [-0.2, -0.15) is 5.10 Å². The summed E-state index contributed by atoms with van der Waals surface area (Å²) in [5.74, 6) is -0.211. The minimum absolute atomic E-state index is 0.129. The normalized spacial score (nSPS) is 14.5. The maximum atomic E-state index is 12.7. The number of carbonyl (C=O) groups excluding carboxylic acids is 1. The average molecular weight is 439 g/mol. The minimum Gasteiger partial charge on any atom is -0.334 e. The van der Waals surface area contributed by atoms with E-state index in [1.165, 1.54) is 49.1 Å². The van der Waals surface area contributed by atoms with Gasteiger partial charge in [-0.3, -0.25) is 9.59 Å². The Hall–Kier alpha value is -3.30. The second kappa shape index (κ2) is 8.09. The molecule has 0 aliphatic carbocycles. The van der Waals surface area contributed by atoms with E-state index >= 15 is 0 Å². The molecule has 8 nitrogen and oxygen atoms in total. The zero-order valence-electron chi connectivity index (χ0n) is 17.2. The number of nitrogens with zero attached hydrogens (tertiary/aromatic N) is 4. The van der Waals surface area contributed by atoms with Crippen molar-refractivity contribution in [2.45, 2.75) is 10.9 Å². The zero-order valence-corrected chi connectivity index (χ0v) is 18.0. The topological polar surface area (TPSA) is 92.6 Å². The lowest BCUT2D eigenvalue weighted by Gasteiger charge is -2.39. The first-order chi connectivity index (χ1) is 14.8. The number of likely N-dealkylation sites (tertiary alicyclic amines) is 1. The molecule has 1 aliphatic rings.